The van der Waals surface area contributed by atoms with Crippen LogP contribution in [0.25, 0.3) is 21.9 Å². The molecule has 4 aromatic rings. The van der Waals surface area contributed by atoms with E-state index in [0.29, 0.717) is 0 Å². The fourth-order valence-corrected chi connectivity index (χ4v) is 4.18. The number of hydrogen-bond donors (Lipinski definition) is 0. The molecule has 0 atom stereocenters. The quantitative estimate of drug-likeness (QED) is 0.226. The molecule has 0 amide bonds. The van der Waals surface area contributed by atoms with Gasteiger partial charge in [0.1, 0.15) is 0 Å². The van der Waals surface area contributed by atoms with Crippen LogP contribution in [0.2, 0.25) is 0 Å². The Morgan fingerprint density at radius 2 is 1.62 bits per heavy atom. The molecular weight excluding hydrogens is 410 g/mol. The van der Waals surface area contributed by atoms with Crippen molar-refractivity contribution in [2.24, 2.45) is 0 Å². The van der Waals surface area contributed by atoms with Gasteiger partial charge in [0.25, 0.3) is 0 Å². The minimum Gasteiger partial charge on any atom is -0.179 e. The summed E-state index contributed by atoms with van der Waals surface area (Å²) in [6, 6.07) is 31.3. The Labute approximate surface area is 176 Å². The van der Waals surface area contributed by atoms with Gasteiger partial charge in [0.05, 0.1) is 0 Å². The summed E-state index contributed by atoms with van der Waals surface area (Å²) in [5.41, 5.74) is 5.51. The fraction of sp³-hybridized carbons (Fsp3) is 0.125. The maximum atomic E-state index is 3.30. The van der Waals surface area contributed by atoms with Crippen molar-refractivity contribution >= 4 is 24.0 Å². The molecule has 1 aliphatic carbocycles. The molecular formula is C24H21PZr. The molecule has 4 aromatic carbocycles. The van der Waals surface area contributed by atoms with E-state index in [1.54, 1.807) is 0 Å². The molecule has 0 heterocycles. The van der Waals surface area contributed by atoms with E-state index in [1.165, 1.54) is 38.3 Å². The van der Waals surface area contributed by atoms with E-state index in [4.69, 9.17) is 0 Å². The summed E-state index contributed by atoms with van der Waals surface area (Å²) in [5.74, 6) is 0. The molecule has 0 spiro atoms. The smallest absolute Gasteiger partial charge is 0.179 e. The third-order valence-corrected chi connectivity index (χ3v) is 6.03. The first-order valence-corrected chi connectivity index (χ1v) is 10.9. The zero-order valence-corrected chi connectivity index (χ0v) is 18.5. The topological polar surface area (TPSA) is 0 Å². The predicted molar refractivity (Wildman–Crippen MR) is 111 cm³/mol. The summed E-state index contributed by atoms with van der Waals surface area (Å²) in [7, 11) is 0.0576. The van der Waals surface area contributed by atoms with Gasteiger partial charge in [-0.1, -0.05) is 41.5 Å². The van der Waals surface area contributed by atoms with Gasteiger partial charge in [0.15, 0.2) is 0 Å². The van der Waals surface area contributed by atoms with Crippen molar-refractivity contribution in [2.75, 3.05) is 13.3 Å². The Balaban J connectivity index is 0.000000146. The van der Waals surface area contributed by atoms with Gasteiger partial charge in [0, 0.05) is 0 Å². The predicted octanol–water partition coefficient (Wildman–Crippen LogP) is 5.98. The molecule has 0 bridgehead atoms. The van der Waals surface area contributed by atoms with Crippen LogP contribution < -0.4 is 5.30 Å². The average Bonchev–Trinajstić information content (AvgIpc) is 3.24. The van der Waals surface area contributed by atoms with Crippen molar-refractivity contribution in [1.82, 2.24) is 0 Å². The van der Waals surface area contributed by atoms with Crippen molar-refractivity contribution in [3.05, 3.63) is 96.1 Å². The van der Waals surface area contributed by atoms with Crippen LogP contribution in [0, 0.1) is 6.07 Å². The van der Waals surface area contributed by atoms with E-state index in [-0.39, 0.29) is 34.1 Å². The average molecular weight is 432 g/mol. The number of rotatable bonds is 1. The molecule has 0 aliphatic heterocycles. The first-order valence-electron chi connectivity index (χ1n) is 8.63. The van der Waals surface area contributed by atoms with E-state index in [0.717, 1.165) is 6.42 Å². The van der Waals surface area contributed by atoms with Crippen LogP contribution in [0.5, 0.6) is 0 Å². The number of fused-ring (bicyclic) bond motifs is 4. The Morgan fingerprint density at radius 1 is 0.885 bits per heavy atom. The Kier molecular flexibility index (Phi) is 6.34. The molecule has 1 aliphatic rings. The molecule has 0 saturated heterocycles. The van der Waals surface area contributed by atoms with Crippen LogP contribution in [0.3, 0.4) is 0 Å². The van der Waals surface area contributed by atoms with Gasteiger partial charge in [0.2, 0.25) is 0 Å². The molecule has 0 saturated carbocycles. The molecule has 126 valence electrons. The molecule has 26 heavy (non-hydrogen) atoms. The van der Waals surface area contributed by atoms with E-state index in [2.05, 4.69) is 92.2 Å². The Hall–Kier alpha value is -1.42. The van der Waals surface area contributed by atoms with Gasteiger partial charge in [-0.25, -0.2) is 0 Å². The van der Waals surface area contributed by atoms with Gasteiger partial charge in [-0.05, 0) is 19.8 Å². The minimum absolute atomic E-state index is 0. The number of benzene rings is 3. The SMILES string of the molecule is CP(C)c1cc2ccccc2[cH-]1.[Zr+2].[c-]1cccc2c1Cc1ccccc1-2. The van der Waals surface area contributed by atoms with E-state index < -0.39 is 0 Å². The first-order chi connectivity index (χ1) is 12.2. The van der Waals surface area contributed by atoms with Crippen LogP contribution >= 0.6 is 7.92 Å². The van der Waals surface area contributed by atoms with Crippen LogP contribution in [-0.2, 0) is 32.6 Å². The normalized spacial score (nSPS) is 11.3. The summed E-state index contributed by atoms with van der Waals surface area (Å²) >= 11 is 0. The minimum atomic E-state index is 0. The zero-order valence-electron chi connectivity index (χ0n) is 15.2. The van der Waals surface area contributed by atoms with Gasteiger partial charge < -0.3 is 0 Å². The van der Waals surface area contributed by atoms with Crippen molar-refractivity contribution < 1.29 is 26.2 Å². The molecule has 5 rings (SSSR count). The number of hydrogen-bond acceptors (Lipinski definition) is 0. The van der Waals surface area contributed by atoms with Crippen molar-refractivity contribution in [3.63, 3.8) is 0 Å². The van der Waals surface area contributed by atoms with Crippen LogP contribution in [0.1, 0.15) is 11.1 Å². The van der Waals surface area contributed by atoms with E-state index in [1.807, 2.05) is 6.07 Å². The summed E-state index contributed by atoms with van der Waals surface area (Å²) in [6.07, 6.45) is 1.05. The second-order valence-corrected chi connectivity index (χ2v) is 8.94. The maximum Gasteiger partial charge on any atom is 2.00 e. The second-order valence-electron chi connectivity index (χ2n) is 6.63. The summed E-state index contributed by atoms with van der Waals surface area (Å²) < 4.78 is 0. The van der Waals surface area contributed by atoms with Crippen LogP contribution in [-0.4, -0.2) is 13.3 Å². The molecule has 0 aromatic heterocycles. The van der Waals surface area contributed by atoms with E-state index in [9.17, 15) is 0 Å². The molecule has 0 fully saturated rings. The van der Waals surface area contributed by atoms with E-state index >= 15 is 0 Å². The van der Waals surface area contributed by atoms with Gasteiger partial charge in [-0.15, -0.1) is 53.8 Å². The molecule has 0 N–H and O–H groups in total. The molecule has 0 unspecified atom stereocenters. The molecule has 0 radical (unpaired) electrons. The third kappa shape index (κ3) is 3.95. The van der Waals surface area contributed by atoms with Gasteiger partial charge in [-0.2, -0.15) is 35.9 Å². The van der Waals surface area contributed by atoms with Crippen molar-refractivity contribution in [1.29, 1.82) is 0 Å². The first kappa shape index (κ1) is 19.3. The van der Waals surface area contributed by atoms with Crippen LogP contribution in [0.15, 0.2) is 78.9 Å². The maximum absolute atomic E-state index is 3.30. The summed E-state index contributed by atoms with van der Waals surface area (Å²) in [5, 5.41) is 4.26. The van der Waals surface area contributed by atoms with Gasteiger partial charge >= 0.3 is 26.2 Å². The zero-order chi connectivity index (χ0) is 17.2. The summed E-state index contributed by atoms with van der Waals surface area (Å²) in [6.45, 7) is 4.59. The molecule has 0 nitrogen and oxygen atoms in total. The van der Waals surface area contributed by atoms with Crippen molar-refractivity contribution in [2.45, 2.75) is 6.42 Å². The Morgan fingerprint density at radius 3 is 2.42 bits per heavy atom. The summed E-state index contributed by atoms with van der Waals surface area (Å²) in [4.78, 5) is 0. The Bertz CT molecular complexity index is 937. The van der Waals surface area contributed by atoms with Gasteiger partial charge in [-0.3, -0.25) is 0 Å². The molecule has 2 heteroatoms. The monoisotopic (exact) mass is 430 g/mol. The van der Waals surface area contributed by atoms with Crippen molar-refractivity contribution in [3.8, 4) is 11.1 Å². The standard InChI is InChI=1S/C13H9.C11H12P.Zr/c1-3-7-12-10(5-1)9-11-6-2-4-8-13(11)12;1-12(2)11-7-9-5-3-4-6-10(9)8-11;/h1-5,7-8H,9H2;3-8H,1-2H3;/q2*-1;+2. The van der Waals surface area contributed by atoms with Crippen LogP contribution in [0.4, 0.5) is 0 Å². The third-order valence-electron chi connectivity index (χ3n) is 4.74. The largest absolute Gasteiger partial charge is 2.00 e. The second kappa shape index (κ2) is 8.51. The fourth-order valence-electron chi connectivity index (χ4n) is 3.39.